The van der Waals surface area contributed by atoms with Gasteiger partial charge in [-0.3, -0.25) is 9.59 Å². The minimum Gasteiger partial charge on any atom is -0.467 e. The maximum atomic E-state index is 12.4. The minimum absolute atomic E-state index is 0.346. The van der Waals surface area contributed by atoms with Crippen molar-refractivity contribution in [2.24, 2.45) is 5.92 Å². The van der Waals surface area contributed by atoms with Crippen LogP contribution >= 0.6 is 0 Å². The van der Waals surface area contributed by atoms with Gasteiger partial charge in [0.25, 0.3) is 5.91 Å². The molecule has 0 aromatic carbocycles. The van der Waals surface area contributed by atoms with E-state index in [-0.39, 0.29) is 12.6 Å². The Morgan fingerprint density at radius 3 is 2.75 bits per heavy atom. The lowest BCUT2D eigenvalue weighted by Crippen LogP contribution is -2.23. The van der Waals surface area contributed by atoms with Crippen molar-refractivity contribution in [1.82, 2.24) is 4.57 Å². The van der Waals surface area contributed by atoms with Crippen molar-refractivity contribution in [2.75, 3.05) is 11.9 Å². The van der Waals surface area contributed by atoms with Crippen molar-refractivity contribution in [3.8, 4) is 6.07 Å². The Morgan fingerprint density at radius 2 is 2.11 bits per heavy atom. The van der Waals surface area contributed by atoms with E-state index in [1.165, 1.54) is 0 Å². The minimum atomic E-state index is -0.463. The zero-order valence-corrected chi connectivity index (χ0v) is 16.3. The van der Waals surface area contributed by atoms with Crippen LogP contribution in [0.2, 0.25) is 0 Å². The van der Waals surface area contributed by atoms with E-state index in [9.17, 15) is 14.9 Å². The fourth-order valence-electron chi connectivity index (χ4n) is 3.71. The largest absolute Gasteiger partial charge is 0.467 e. The first-order chi connectivity index (χ1) is 13.5. The predicted octanol–water partition coefficient (Wildman–Crippen LogP) is 3.68. The Kier molecular flexibility index (Phi) is 6.19. The Labute approximate surface area is 164 Å². The number of esters is 1. The quantitative estimate of drug-likeness (QED) is 0.736. The molecule has 0 radical (unpaired) electrons. The molecule has 28 heavy (non-hydrogen) atoms. The number of hydrogen-bond donors (Lipinski definition) is 1. The summed E-state index contributed by atoms with van der Waals surface area (Å²) in [6, 6.07) is 5.77. The van der Waals surface area contributed by atoms with Crippen LogP contribution in [0.1, 0.15) is 54.7 Å². The summed E-state index contributed by atoms with van der Waals surface area (Å²) in [6.45, 7) is 3.75. The van der Waals surface area contributed by atoms with E-state index in [4.69, 9.17) is 9.15 Å². The number of carbonyl (C=O) groups excluding carboxylic acids is 2. The molecule has 1 amide bonds. The van der Waals surface area contributed by atoms with Crippen molar-refractivity contribution in [1.29, 1.82) is 5.26 Å². The zero-order chi connectivity index (χ0) is 20.1. The third-order valence-corrected chi connectivity index (χ3v) is 5.39. The molecule has 7 heteroatoms. The van der Waals surface area contributed by atoms with Gasteiger partial charge < -0.3 is 19.0 Å². The first-order valence-corrected chi connectivity index (χ1v) is 9.57. The van der Waals surface area contributed by atoms with E-state index < -0.39 is 5.91 Å². The summed E-state index contributed by atoms with van der Waals surface area (Å²) in [6.07, 6.45) is 6.34. The lowest BCUT2D eigenvalue weighted by molar-refractivity contribution is -0.148. The molecule has 1 fully saturated rings. The molecule has 0 aliphatic heterocycles. The molecular formula is C21H25N3O4. The van der Waals surface area contributed by atoms with Crippen LogP contribution in [0.4, 0.5) is 5.82 Å². The number of nitriles is 1. The van der Waals surface area contributed by atoms with Crippen molar-refractivity contribution in [2.45, 2.75) is 52.5 Å². The standard InChI is InChI=1S/C21H25N3O4/c1-14-15(2)24(12-17-8-5-9-27-17)21(18(14)11-22)23-19(25)13-28-20(26)10-16-6-3-4-7-16/h5,8-9,16H,3-4,6-7,10,12-13H2,1-2H3,(H,23,25). The maximum Gasteiger partial charge on any atom is 0.306 e. The molecule has 2 heterocycles. The molecule has 3 rings (SSSR count). The first kappa shape index (κ1) is 19.7. The van der Waals surface area contributed by atoms with E-state index in [0.29, 0.717) is 36.0 Å². The SMILES string of the molecule is Cc1c(C#N)c(NC(=O)COC(=O)CC2CCCC2)n(Cc2ccco2)c1C. The fraction of sp³-hybridized carbons (Fsp3) is 0.476. The van der Waals surface area contributed by atoms with Gasteiger partial charge in [0.1, 0.15) is 17.6 Å². The molecule has 2 aromatic rings. The van der Waals surface area contributed by atoms with Gasteiger partial charge in [0.2, 0.25) is 0 Å². The molecule has 148 valence electrons. The second kappa shape index (κ2) is 8.79. The van der Waals surface area contributed by atoms with Crippen LogP contribution in [-0.2, 0) is 20.9 Å². The summed E-state index contributed by atoms with van der Waals surface area (Å²) in [4.78, 5) is 24.3. The zero-order valence-electron chi connectivity index (χ0n) is 16.3. The van der Waals surface area contributed by atoms with Gasteiger partial charge in [-0.1, -0.05) is 12.8 Å². The molecule has 1 aliphatic rings. The van der Waals surface area contributed by atoms with Crippen molar-refractivity contribution in [3.05, 3.63) is 41.0 Å². The van der Waals surface area contributed by atoms with Crippen LogP contribution in [0, 0.1) is 31.1 Å². The maximum absolute atomic E-state index is 12.4. The van der Waals surface area contributed by atoms with E-state index in [0.717, 1.165) is 36.9 Å². The molecule has 7 nitrogen and oxygen atoms in total. The molecule has 1 saturated carbocycles. The highest BCUT2D eigenvalue weighted by Gasteiger charge is 2.22. The summed E-state index contributed by atoms with van der Waals surface area (Å²) in [5.41, 5.74) is 2.05. The predicted molar refractivity (Wildman–Crippen MR) is 103 cm³/mol. The molecule has 2 aromatic heterocycles. The van der Waals surface area contributed by atoms with Crippen LogP contribution in [0.3, 0.4) is 0 Å². The Balaban J connectivity index is 1.66. The molecule has 0 unspecified atom stereocenters. The van der Waals surface area contributed by atoms with Gasteiger partial charge in [0, 0.05) is 12.1 Å². The van der Waals surface area contributed by atoms with Crippen molar-refractivity contribution < 1.29 is 18.7 Å². The molecular weight excluding hydrogens is 358 g/mol. The summed E-state index contributed by atoms with van der Waals surface area (Å²) < 4.78 is 12.3. The molecule has 0 saturated heterocycles. The van der Waals surface area contributed by atoms with Crippen LogP contribution in [0.25, 0.3) is 0 Å². The number of anilines is 1. The van der Waals surface area contributed by atoms with E-state index >= 15 is 0 Å². The van der Waals surface area contributed by atoms with Crippen LogP contribution in [0.5, 0.6) is 0 Å². The van der Waals surface area contributed by atoms with Gasteiger partial charge in [0.15, 0.2) is 6.61 Å². The number of amides is 1. The third-order valence-electron chi connectivity index (χ3n) is 5.39. The fourth-order valence-corrected chi connectivity index (χ4v) is 3.71. The monoisotopic (exact) mass is 383 g/mol. The van der Waals surface area contributed by atoms with Gasteiger partial charge in [-0.25, -0.2) is 0 Å². The highest BCUT2D eigenvalue weighted by molar-refractivity contribution is 5.93. The van der Waals surface area contributed by atoms with Gasteiger partial charge in [-0.15, -0.1) is 0 Å². The first-order valence-electron chi connectivity index (χ1n) is 9.57. The summed E-state index contributed by atoms with van der Waals surface area (Å²) in [7, 11) is 0. The van der Waals surface area contributed by atoms with E-state index in [1.807, 2.05) is 24.5 Å². The highest BCUT2D eigenvalue weighted by Crippen LogP contribution is 2.28. The lowest BCUT2D eigenvalue weighted by Gasteiger charge is -2.13. The smallest absolute Gasteiger partial charge is 0.306 e. The number of aromatic nitrogens is 1. The Morgan fingerprint density at radius 1 is 1.36 bits per heavy atom. The molecule has 1 aliphatic carbocycles. The molecule has 1 N–H and O–H groups in total. The summed E-state index contributed by atoms with van der Waals surface area (Å²) in [5, 5.41) is 12.3. The number of nitrogens with one attached hydrogen (secondary N) is 1. The van der Waals surface area contributed by atoms with E-state index in [1.54, 1.807) is 12.3 Å². The average molecular weight is 383 g/mol. The molecule has 0 atom stereocenters. The van der Waals surface area contributed by atoms with Gasteiger partial charge in [-0.2, -0.15) is 5.26 Å². The summed E-state index contributed by atoms with van der Waals surface area (Å²) in [5.74, 6) is 0.666. The third kappa shape index (κ3) is 4.45. The Hall–Kier alpha value is -3.01. The molecule has 0 bridgehead atoms. The number of furan rings is 1. The van der Waals surface area contributed by atoms with Crippen LogP contribution in [-0.4, -0.2) is 23.1 Å². The molecule has 0 spiro atoms. The van der Waals surface area contributed by atoms with Crippen molar-refractivity contribution in [3.63, 3.8) is 0 Å². The average Bonchev–Trinajstić information content (AvgIpc) is 3.40. The van der Waals surface area contributed by atoms with Gasteiger partial charge >= 0.3 is 5.97 Å². The number of nitrogens with zero attached hydrogens (tertiary/aromatic N) is 2. The second-order valence-corrected chi connectivity index (χ2v) is 7.27. The summed E-state index contributed by atoms with van der Waals surface area (Å²) >= 11 is 0. The number of carbonyl (C=O) groups is 2. The number of ether oxygens (including phenoxy) is 1. The topological polar surface area (TPSA) is 97.3 Å². The lowest BCUT2D eigenvalue weighted by atomic mass is 10.1. The Bertz CT molecular complexity index is 884. The van der Waals surface area contributed by atoms with Crippen LogP contribution < -0.4 is 5.32 Å². The second-order valence-electron chi connectivity index (χ2n) is 7.27. The van der Waals surface area contributed by atoms with Gasteiger partial charge in [-0.05, 0) is 50.3 Å². The van der Waals surface area contributed by atoms with Crippen molar-refractivity contribution >= 4 is 17.7 Å². The number of hydrogen-bond acceptors (Lipinski definition) is 5. The van der Waals surface area contributed by atoms with E-state index in [2.05, 4.69) is 11.4 Å². The van der Waals surface area contributed by atoms with Gasteiger partial charge in [0.05, 0.1) is 18.4 Å². The number of rotatable bonds is 7. The van der Waals surface area contributed by atoms with Crippen LogP contribution in [0.15, 0.2) is 22.8 Å². The normalized spacial score (nSPS) is 14.0. The highest BCUT2D eigenvalue weighted by atomic mass is 16.5.